The van der Waals surface area contributed by atoms with Crippen molar-refractivity contribution in [1.29, 1.82) is 0 Å². The van der Waals surface area contributed by atoms with Crippen LogP contribution < -0.4 is 9.80 Å². The van der Waals surface area contributed by atoms with Gasteiger partial charge in [-0.05, 0) is 12.1 Å². The zero-order valence-corrected chi connectivity index (χ0v) is 15.9. The lowest BCUT2D eigenvalue weighted by Gasteiger charge is -2.37. The van der Waals surface area contributed by atoms with Crippen molar-refractivity contribution in [2.24, 2.45) is 0 Å². The van der Waals surface area contributed by atoms with E-state index in [1.807, 2.05) is 11.0 Å². The first-order chi connectivity index (χ1) is 14.8. The number of nitrogens with zero attached hydrogens (tertiary/aromatic N) is 8. The second-order valence-electron chi connectivity index (χ2n) is 6.70. The summed E-state index contributed by atoms with van der Waals surface area (Å²) in [6, 6.07) is 6.82. The number of halogens is 1. The number of hydrogen-bond donors (Lipinski definition) is 0. The number of aromatic nitrogens is 6. The standard InChI is InChI=1S/C20H17FN8O/c21-15-3-1-2-4-17(15)28-7-9-29(10-8-28)19-14(11-23-13-25-19)20-26-18(27-30-20)16-12-22-5-6-24-16/h1-6,11-13H,7-10H2. The normalized spacial score (nSPS) is 14.2. The number of rotatable bonds is 4. The molecule has 3 aromatic heterocycles. The highest BCUT2D eigenvalue weighted by atomic mass is 19.1. The van der Waals surface area contributed by atoms with Crippen LogP contribution in [0.3, 0.4) is 0 Å². The van der Waals surface area contributed by atoms with Gasteiger partial charge in [0, 0.05) is 44.8 Å². The van der Waals surface area contributed by atoms with Gasteiger partial charge in [0.2, 0.25) is 5.82 Å². The molecule has 0 saturated carbocycles. The lowest BCUT2D eigenvalue weighted by molar-refractivity contribution is 0.431. The zero-order valence-electron chi connectivity index (χ0n) is 15.9. The molecule has 5 rings (SSSR count). The first-order valence-corrected chi connectivity index (χ1v) is 9.44. The van der Waals surface area contributed by atoms with Gasteiger partial charge in [0.15, 0.2) is 0 Å². The van der Waals surface area contributed by atoms with E-state index in [2.05, 4.69) is 35.0 Å². The number of para-hydroxylation sites is 1. The molecule has 1 saturated heterocycles. The molecule has 30 heavy (non-hydrogen) atoms. The van der Waals surface area contributed by atoms with Gasteiger partial charge >= 0.3 is 0 Å². The summed E-state index contributed by atoms with van der Waals surface area (Å²) in [5.41, 5.74) is 1.77. The first kappa shape index (κ1) is 18.1. The first-order valence-electron chi connectivity index (χ1n) is 9.44. The highest BCUT2D eigenvalue weighted by Gasteiger charge is 2.24. The molecule has 1 aliphatic heterocycles. The van der Waals surface area contributed by atoms with Crippen LogP contribution in [0.1, 0.15) is 0 Å². The van der Waals surface area contributed by atoms with E-state index in [1.165, 1.54) is 12.4 Å². The maximum Gasteiger partial charge on any atom is 0.263 e. The molecule has 0 unspecified atom stereocenters. The quantitative estimate of drug-likeness (QED) is 0.508. The molecule has 9 nitrogen and oxygen atoms in total. The maximum absolute atomic E-state index is 14.1. The number of anilines is 2. The molecule has 0 spiro atoms. The van der Waals surface area contributed by atoms with E-state index in [0.717, 1.165) is 0 Å². The van der Waals surface area contributed by atoms with Gasteiger partial charge in [-0.25, -0.2) is 19.3 Å². The molecule has 10 heteroatoms. The average molecular weight is 404 g/mol. The smallest absolute Gasteiger partial charge is 0.263 e. The summed E-state index contributed by atoms with van der Waals surface area (Å²) in [4.78, 5) is 25.4. The van der Waals surface area contributed by atoms with Gasteiger partial charge in [0.25, 0.3) is 5.89 Å². The summed E-state index contributed by atoms with van der Waals surface area (Å²) >= 11 is 0. The summed E-state index contributed by atoms with van der Waals surface area (Å²) in [6.45, 7) is 2.67. The number of hydrogen-bond acceptors (Lipinski definition) is 9. The molecule has 4 aromatic rings. The minimum Gasteiger partial charge on any atom is -0.366 e. The summed E-state index contributed by atoms with van der Waals surface area (Å²) < 4.78 is 19.6. The van der Waals surface area contributed by atoms with Crippen LogP contribution in [0.15, 0.2) is 59.9 Å². The van der Waals surface area contributed by atoms with Gasteiger partial charge < -0.3 is 14.3 Å². The fraction of sp³-hybridized carbons (Fsp3) is 0.200. The summed E-state index contributed by atoms with van der Waals surface area (Å²) in [6.07, 6.45) is 7.85. The summed E-state index contributed by atoms with van der Waals surface area (Å²) in [5, 5.41) is 4.00. The molecular formula is C20H17FN8O. The Labute approximate surface area is 171 Å². The van der Waals surface area contributed by atoms with Crippen LogP contribution in [0.5, 0.6) is 0 Å². The molecule has 1 aliphatic rings. The van der Waals surface area contributed by atoms with Crippen molar-refractivity contribution in [2.45, 2.75) is 0 Å². The topological polar surface area (TPSA) is 97.0 Å². The van der Waals surface area contributed by atoms with Crippen molar-refractivity contribution in [3.8, 4) is 23.0 Å². The fourth-order valence-corrected chi connectivity index (χ4v) is 3.44. The Morgan fingerprint density at radius 1 is 0.900 bits per heavy atom. The molecule has 0 bridgehead atoms. The van der Waals surface area contributed by atoms with E-state index in [1.54, 1.807) is 36.9 Å². The molecular weight excluding hydrogens is 387 g/mol. The molecule has 0 atom stereocenters. The molecule has 0 aliphatic carbocycles. The van der Waals surface area contributed by atoms with Crippen LogP contribution in [0.4, 0.5) is 15.9 Å². The van der Waals surface area contributed by atoms with Crippen molar-refractivity contribution < 1.29 is 8.91 Å². The molecule has 0 N–H and O–H groups in total. The van der Waals surface area contributed by atoms with Crippen LogP contribution in [0.25, 0.3) is 23.0 Å². The Morgan fingerprint density at radius 3 is 2.53 bits per heavy atom. The van der Waals surface area contributed by atoms with Crippen LogP contribution in [-0.4, -0.2) is 56.3 Å². The maximum atomic E-state index is 14.1. The Morgan fingerprint density at radius 2 is 1.73 bits per heavy atom. The van der Waals surface area contributed by atoms with Crippen molar-refractivity contribution in [3.05, 3.63) is 61.2 Å². The van der Waals surface area contributed by atoms with Gasteiger partial charge in [-0.15, -0.1) is 0 Å². The van der Waals surface area contributed by atoms with E-state index < -0.39 is 0 Å². The fourth-order valence-electron chi connectivity index (χ4n) is 3.44. The predicted molar refractivity (Wildman–Crippen MR) is 107 cm³/mol. The van der Waals surface area contributed by atoms with E-state index >= 15 is 0 Å². The van der Waals surface area contributed by atoms with Crippen LogP contribution in [0, 0.1) is 5.82 Å². The van der Waals surface area contributed by atoms with E-state index in [9.17, 15) is 4.39 Å². The third kappa shape index (κ3) is 3.43. The molecule has 1 fully saturated rings. The molecule has 4 heterocycles. The molecule has 0 amide bonds. The van der Waals surface area contributed by atoms with Gasteiger partial charge in [-0.3, -0.25) is 4.98 Å². The second kappa shape index (κ2) is 7.82. The van der Waals surface area contributed by atoms with E-state index in [0.29, 0.717) is 60.7 Å². The van der Waals surface area contributed by atoms with Crippen molar-refractivity contribution in [3.63, 3.8) is 0 Å². The summed E-state index contributed by atoms with van der Waals surface area (Å²) in [7, 11) is 0. The zero-order chi connectivity index (χ0) is 20.3. The van der Waals surface area contributed by atoms with Crippen LogP contribution in [0.2, 0.25) is 0 Å². The van der Waals surface area contributed by atoms with Crippen molar-refractivity contribution in [2.75, 3.05) is 36.0 Å². The predicted octanol–water partition coefficient (Wildman–Crippen LogP) is 2.45. The largest absolute Gasteiger partial charge is 0.366 e. The van der Waals surface area contributed by atoms with Gasteiger partial charge in [-0.1, -0.05) is 17.3 Å². The SMILES string of the molecule is Fc1ccccc1N1CCN(c2ncncc2-c2nc(-c3cnccn3)no2)CC1. The van der Waals surface area contributed by atoms with E-state index in [-0.39, 0.29) is 5.82 Å². The lowest BCUT2D eigenvalue weighted by atomic mass is 10.2. The number of piperazine rings is 1. The average Bonchev–Trinajstić information content (AvgIpc) is 3.30. The Bertz CT molecular complexity index is 1140. The highest BCUT2D eigenvalue weighted by molar-refractivity contribution is 5.70. The van der Waals surface area contributed by atoms with Crippen molar-refractivity contribution in [1.82, 2.24) is 30.1 Å². The van der Waals surface area contributed by atoms with Crippen LogP contribution >= 0.6 is 0 Å². The van der Waals surface area contributed by atoms with E-state index in [4.69, 9.17) is 4.52 Å². The van der Waals surface area contributed by atoms with Crippen LogP contribution in [-0.2, 0) is 0 Å². The lowest BCUT2D eigenvalue weighted by Crippen LogP contribution is -2.47. The van der Waals surface area contributed by atoms with Gasteiger partial charge in [0.05, 0.1) is 11.9 Å². The Hall–Kier alpha value is -3.95. The Kier molecular flexibility index (Phi) is 4.72. The monoisotopic (exact) mass is 404 g/mol. The second-order valence-corrected chi connectivity index (χ2v) is 6.70. The third-order valence-corrected chi connectivity index (χ3v) is 4.91. The minimum atomic E-state index is -0.212. The molecule has 0 radical (unpaired) electrons. The third-order valence-electron chi connectivity index (χ3n) is 4.91. The highest BCUT2D eigenvalue weighted by Crippen LogP contribution is 2.29. The van der Waals surface area contributed by atoms with Gasteiger partial charge in [0.1, 0.15) is 29.2 Å². The molecule has 150 valence electrons. The minimum absolute atomic E-state index is 0.212. The number of benzene rings is 1. The molecule has 1 aromatic carbocycles. The Balaban J connectivity index is 1.38. The van der Waals surface area contributed by atoms with Gasteiger partial charge in [-0.2, -0.15) is 4.98 Å². The summed E-state index contributed by atoms with van der Waals surface area (Å²) in [5.74, 6) is 1.14. The van der Waals surface area contributed by atoms with Crippen molar-refractivity contribution >= 4 is 11.5 Å².